The molecule has 0 amide bonds. The average molecular weight is 514 g/mol. The van der Waals surface area contributed by atoms with Gasteiger partial charge in [0.05, 0.1) is 34.5 Å². The van der Waals surface area contributed by atoms with Crippen LogP contribution in [0.2, 0.25) is 0 Å². The van der Waals surface area contributed by atoms with Gasteiger partial charge in [-0.1, -0.05) is 67.6 Å². The SMILES string of the molecule is COC(=O)C1=C(C)N=c2s/c(=C\c3c(C)n(C)c4c(C)cccc34)c(=O)n2[C@H]1c1ccc(C(C)C)cc1. The Bertz CT molecular complexity index is 1770. The second-order valence-corrected chi connectivity index (χ2v) is 10.9. The van der Waals surface area contributed by atoms with Crippen LogP contribution in [0.5, 0.6) is 0 Å². The molecule has 0 radical (unpaired) electrons. The molecule has 2 aromatic carbocycles. The van der Waals surface area contributed by atoms with E-state index in [2.05, 4.69) is 68.6 Å². The van der Waals surface area contributed by atoms with E-state index in [1.807, 2.05) is 24.3 Å². The van der Waals surface area contributed by atoms with Crippen molar-refractivity contribution < 1.29 is 9.53 Å². The minimum atomic E-state index is -0.608. The number of benzene rings is 2. The molecule has 5 rings (SSSR count). The van der Waals surface area contributed by atoms with Crippen molar-refractivity contribution >= 4 is 34.3 Å². The van der Waals surface area contributed by atoms with Gasteiger partial charge in [0.2, 0.25) is 0 Å². The third-order valence-corrected chi connectivity index (χ3v) is 8.36. The van der Waals surface area contributed by atoms with Crippen molar-refractivity contribution in [3.8, 4) is 0 Å². The smallest absolute Gasteiger partial charge is 0.338 e. The molecule has 0 fully saturated rings. The lowest BCUT2D eigenvalue weighted by atomic mass is 9.93. The number of aryl methyl sites for hydroxylation is 2. The van der Waals surface area contributed by atoms with Crippen LogP contribution < -0.4 is 14.9 Å². The number of thiazole rings is 1. The third-order valence-electron chi connectivity index (χ3n) is 7.38. The molecule has 37 heavy (non-hydrogen) atoms. The summed E-state index contributed by atoms with van der Waals surface area (Å²) in [7, 11) is 3.41. The Kier molecular flexibility index (Phi) is 6.28. The topological polar surface area (TPSA) is 65.6 Å². The number of rotatable bonds is 4. The highest BCUT2D eigenvalue weighted by molar-refractivity contribution is 7.07. The van der Waals surface area contributed by atoms with Crippen molar-refractivity contribution in [1.82, 2.24) is 9.13 Å². The first-order valence-corrected chi connectivity index (χ1v) is 13.2. The van der Waals surface area contributed by atoms with Gasteiger partial charge in [-0.15, -0.1) is 0 Å². The lowest BCUT2D eigenvalue weighted by Crippen LogP contribution is -2.39. The Labute approximate surface area is 219 Å². The Morgan fingerprint density at radius 1 is 1.11 bits per heavy atom. The molecule has 0 aliphatic carbocycles. The van der Waals surface area contributed by atoms with Crippen LogP contribution in [0.3, 0.4) is 0 Å². The molecule has 0 bridgehead atoms. The van der Waals surface area contributed by atoms with Crippen LogP contribution in [0.1, 0.15) is 60.7 Å². The van der Waals surface area contributed by atoms with Crippen LogP contribution in [0.25, 0.3) is 17.0 Å². The molecule has 2 aromatic heterocycles. The van der Waals surface area contributed by atoms with Crippen molar-refractivity contribution in [3.05, 3.63) is 101 Å². The van der Waals surface area contributed by atoms with E-state index in [-0.39, 0.29) is 5.56 Å². The van der Waals surface area contributed by atoms with Gasteiger partial charge >= 0.3 is 5.97 Å². The van der Waals surface area contributed by atoms with E-state index in [1.165, 1.54) is 29.6 Å². The molecule has 7 heteroatoms. The molecule has 1 aliphatic rings. The Morgan fingerprint density at radius 3 is 2.46 bits per heavy atom. The summed E-state index contributed by atoms with van der Waals surface area (Å²) < 4.78 is 9.53. The van der Waals surface area contributed by atoms with E-state index in [0.29, 0.717) is 26.5 Å². The minimum absolute atomic E-state index is 0.167. The van der Waals surface area contributed by atoms with E-state index >= 15 is 0 Å². The number of carbonyl (C=O) groups excluding carboxylic acids is 1. The predicted octanol–water partition coefficient (Wildman–Crippen LogP) is 4.64. The number of para-hydroxylation sites is 1. The first-order chi connectivity index (χ1) is 17.6. The number of aromatic nitrogens is 2. The quantitative estimate of drug-likeness (QED) is 0.374. The standard InChI is InChI=1S/C30H31N3O3S/c1-16(2)20-11-13-21(14-12-20)27-25(29(35)36-7)18(4)31-30-33(27)28(34)24(37-30)15-23-19(5)32(6)26-17(3)9-8-10-22(23)26/h8-16,27H,1-7H3/b24-15-/t27-/m0/s1. The fourth-order valence-corrected chi connectivity index (χ4v) is 6.28. The van der Waals surface area contributed by atoms with E-state index < -0.39 is 12.0 Å². The maximum Gasteiger partial charge on any atom is 0.338 e. The Morgan fingerprint density at radius 2 is 1.81 bits per heavy atom. The number of allylic oxidation sites excluding steroid dienone is 1. The molecule has 0 N–H and O–H groups in total. The summed E-state index contributed by atoms with van der Waals surface area (Å²) in [6.45, 7) is 10.2. The van der Waals surface area contributed by atoms with Crippen molar-refractivity contribution in [2.45, 2.75) is 46.6 Å². The summed E-state index contributed by atoms with van der Waals surface area (Å²) in [5.74, 6) is -0.102. The van der Waals surface area contributed by atoms with Gasteiger partial charge in [-0.2, -0.15) is 0 Å². The van der Waals surface area contributed by atoms with Crippen molar-refractivity contribution in [2.75, 3.05) is 7.11 Å². The van der Waals surface area contributed by atoms with Crippen LogP contribution in [0, 0.1) is 13.8 Å². The summed E-state index contributed by atoms with van der Waals surface area (Å²) in [5, 5.41) is 1.11. The fourth-order valence-electron chi connectivity index (χ4n) is 5.25. The number of esters is 1. The second kappa shape index (κ2) is 9.30. The summed E-state index contributed by atoms with van der Waals surface area (Å²) in [6.07, 6.45) is 1.97. The van der Waals surface area contributed by atoms with Gasteiger partial charge < -0.3 is 9.30 Å². The molecule has 0 saturated heterocycles. The predicted molar refractivity (Wildman–Crippen MR) is 149 cm³/mol. The molecular formula is C30H31N3O3S. The molecule has 6 nitrogen and oxygen atoms in total. The van der Waals surface area contributed by atoms with Crippen LogP contribution >= 0.6 is 11.3 Å². The van der Waals surface area contributed by atoms with E-state index in [0.717, 1.165) is 27.7 Å². The number of carbonyl (C=O) groups is 1. The zero-order chi connectivity index (χ0) is 26.6. The number of ether oxygens (including phenoxy) is 1. The zero-order valence-electron chi connectivity index (χ0n) is 22.2. The van der Waals surface area contributed by atoms with E-state index in [4.69, 9.17) is 4.74 Å². The van der Waals surface area contributed by atoms with Crippen molar-refractivity contribution in [3.63, 3.8) is 0 Å². The first-order valence-electron chi connectivity index (χ1n) is 12.4. The summed E-state index contributed by atoms with van der Waals surface area (Å²) in [6, 6.07) is 13.7. The minimum Gasteiger partial charge on any atom is -0.466 e. The van der Waals surface area contributed by atoms with Gasteiger partial charge in [-0.05, 0) is 49.5 Å². The molecule has 4 aromatic rings. The summed E-state index contributed by atoms with van der Waals surface area (Å²) >= 11 is 1.35. The highest BCUT2D eigenvalue weighted by Gasteiger charge is 2.33. The summed E-state index contributed by atoms with van der Waals surface area (Å²) in [5.41, 5.74) is 7.28. The highest BCUT2D eigenvalue weighted by Crippen LogP contribution is 2.32. The van der Waals surface area contributed by atoms with Gasteiger partial charge in [0.1, 0.15) is 0 Å². The van der Waals surface area contributed by atoms with E-state index in [9.17, 15) is 9.59 Å². The molecule has 0 saturated carbocycles. The van der Waals surface area contributed by atoms with Crippen LogP contribution in [-0.4, -0.2) is 22.2 Å². The number of hydrogen-bond acceptors (Lipinski definition) is 5. The molecule has 190 valence electrons. The van der Waals surface area contributed by atoms with Gasteiger partial charge in [-0.3, -0.25) is 9.36 Å². The molecule has 1 aliphatic heterocycles. The average Bonchev–Trinajstić information content (AvgIpc) is 3.31. The van der Waals surface area contributed by atoms with Crippen molar-refractivity contribution in [1.29, 1.82) is 0 Å². The maximum atomic E-state index is 14.0. The Hall–Kier alpha value is -3.71. The van der Waals surface area contributed by atoms with Crippen LogP contribution in [0.4, 0.5) is 0 Å². The number of methoxy groups -OCH3 is 1. The lowest BCUT2D eigenvalue weighted by molar-refractivity contribution is -0.136. The lowest BCUT2D eigenvalue weighted by Gasteiger charge is -2.24. The van der Waals surface area contributed by atoms with Gasteiger partial charge in [0.15, 0.2) is 4.80 Å². The number of nitrogens with zero attached hydrogens (tertiary/aromatic N) is 3. The van der Waals surface area contributed by atoms with Gasteiger partial charge in [0, 0.05) is 23.7 Å². The van der Waals surface area contributed by atoms with Crippen LogP contribution in [-0.2, 0) is 16.6 Å². The molecule has 0 unspecified atom stereocenters. The molecule has 3 heterocycles. The normalized spacial score (nSPS) is 15.9. The largest absolute Gasteiger partial charge is 0.466 e. The first kappa shape index (κ1) is 25.0. The fraction of sp³-hybridized carbons (Fsp3) is 0.300. The van der Waals surface area contributed by atoms with Crippen LogP contribution in [0.15, 0.2) is 63.5 Å². The number of hydrogen-bond donors (Lipinski definition) is 0. The Balaban J connectivity index is 1.77. The second-order valence-electron chi connectivity index (χ2n) is 9.92. The molecular weight excluding hydrogens is 482 g/mol. The monoisotopic (exact) mass is 513 g/mol. The van der Waals surface area contributed by atoms with Gasteiger partial charge in [0.25, 0.3) is 5.56 Å². The summed E-state index contributed by atoms with van der Waals surface area (Å²) in [4.78, 5) is 32.1. The van der Waals surface area contributed by atoms with E-state index in [1.54, 1.807) is 11.5 Å². The zero-order valence-corrected chi connectivity index (χ0v) is 23.1. The molecule has 1 atom stereocenters. The maximum absolute atomic E-state index is 14.0. The number of fused-ring (bicyclic) bond motifs is 2. The highest BCUT2D eigenvalue weighted by atomic mass is 32.1. The van der Waals surface area contributed by atoms with Gasteiger partial charge in [-0.25, -0.2) is 9.79 Å². The van der Waals surface area contributed by atoms with Crippen molar-refractivity contribution in [2.24, 2.45) is 12.0 Å². The molecule has 0 spiro atoms. The third kappa shape index (κ3) is 3.98.